The summed E-state index contributed by atoms with van der Waals surface area (Å²) < 4.78 is 0. The van der Waals surface area contributed by atoms with Crippen LogP contribution in [0.3, 0.4) is 0 Å². The van der Waals surface area contributed by atoms with Crippen LogP contribution >= 0.6 is 0 Å². The summed E-state index contributed by atoms with van der Waals surface area (Å²) in [4.78, 5) is 25.2. The summed E-state index contributed by atoms with van der Waals surface area (Å²) in [5.74, 6) is 0.399. The van der Waals surface area contributed by atoms with Gasteiger partial charge in [-0.25, -0.2) is 4.79 Å². The number of rotatable bonds is 3. The largest absolute Gasteiger partial charge is 0.341 e. The van der Waals surface area contributed by atoms with Gasteiger partial charge in [0.2, 0.25) is 5.91 Å². The molecule has 3 saturated heterocycles. The molecule has 3 fully saturated rings. The second kappa shape index (κ2) is 5.67. The van der Waals surface area contributed by atoms with Crippen LogP contribution in [0.25, 0.3) is 0 Å². The number of carbonyl (C=O) groups excluding carboxylic acids is 2. The van der Waals surface area contributed by atoms with E-state index in [1.54, 1.807) is 6.92 Å². The molecule has 3 heterocycles. The second-order valence-corrected chi connectivity index (χ2v) is 5.20. The third kappa shape index (κ3) is 3.00. The van der Waals surface area contributed by atoms with Gasteiger partial charge >= 0.3 is 6.03 Å². The van der Waals surface area contributed by atoms with E-state index in [1.165, 1.54) is 33.0 Å². The Hall–Kier alpha value is -1.14. The molecule has 0 aliphatic carbocycles. The molecular weight excluding hydrogens is 232 g/mol. The number of imide groups is 1. The topological polar surface area (TPSA) is 73.5 Å². The molecule has 0 spiro atoms. The minimum atomic E-state index is -0.456. The monoisotopic (exact) mass is 254 g/mol. The molecule has 0 aromatic rings. The summed E-state index contributed by atoms with van der Waals surface area (Å²) in [5.41, 5.74) is 0. The molecule has 0 aromatic heterocycles. The zero-order valence-corrected chi connectivity index (χ0v) is 11.0. The van der Waals surface area contributed by atoms with Crippen LogP contribution in [-0.2, 0) is 4.79 Å². The van der Waals surface area contributed by atoms with Gasteiger partial charge in [0.25, 0.3) is 0 Å². The van der Waals surface area contributed by atoms with Gasteiger partial charge in [-0.3, -0.25) is 10.1 Å². The molecule has 2 unspecified atom stereocenters. The van der Waals surface area contributed by atoms with Crippen LogP contribution in [0.1, 0.15) is 19.8 Å². The van der Waals surface area contributed by atoms with Crippen molar-refractivity contribution < 1.29 is 9.59 Å². The van der Waals surface area contributed by atoms with Gasteiger partial charge in [-0.05, 0) is 38.8 Å². The molecule has 2 atom stereocenters. The zero-order valence-electron chi connectivity index (χ0n) is 11.0. The summed E-state index contributed by atoms with van der Waals surface area (Å²) >= 11 is 0. The number of hydrogen-bond donors (Lipinski definition) is 3. The third-order valence-electron chi connectivity index (χ3n) is 3.98. The van der Waals surface area contributed by atoms with Crippen molar-refractivity contribution in [1.29, 1.82) is 0 Å². The first-order valence-electron chi connectivity index (χ1n) is 6.61. The molecule has 6 nitrogen and oxygen atoms in total. The minimum absolute atomic E-state index is 0.272. The normalized spacial score (nSPS) is 31.8. The Morgan fingerprint density at radius 1 is 1.28 bits per heavy atom. The fourth-order valence-corrected chi connectivity index (χ4v) is 2.83. The first kappa shape index (κ1) is 13.3. The first-order chi connectivity index (χ1) is 8.60. The van der Waals surface area contributed by atoms with E-state index in [0.717, 1.165) is 6.54 Å². The number of nitrogens with one attached hydrogen (secondary N) is 3. The molecular formula is C12H22N4O2. The number of amides is 3. The van der Waals surface area contributed by atoms with E-state index in [1.807, 2.05) is 0 Å². The van der Waals surface area contributed by atoms with Gasteiger partial charge in [0.05, 0.1) is 6.04 Å². The van der Waals surface area contributed by atoms with Crippen molar-refractivity contribution >= 4 is 11.9 Å². The lowest BCUT2D eigenvalue weighted by Gasteiger charge is -2.45. The second-order valence-electron chi connectivity index (χ2n) is 5.20. The highest BCUT2D eigenvalue weighted by Gasteiger charge is 2.35. The van der Waals surface area contributed by atoms with Crippen LogP contribution in [0.15, 0.2) is 0 Å². The van der Waals surface area contributed by atoms with Crippen molar-refractivity contribution in [2.24, 2.45) is 5.92 Å². The number of fused-ring (bicyclic) bond motifs is 3. The van der Waals surface area contributed by atoms with Gasteiger partial charge < -0.3 is 15.5 Å². The highest BCUT2D eigenvalue weighted by atomic mass is 16.2. The van der Waals surface area contributed by atoms with Crippen LogP contribution in [0, 0.1) is 5.92 Å². The molecule has 0 saturated carbocycles. The quantitative estimate of drug-likeness (QED) is 0.636. The smallest absolute Gasteiger partial charge is 0.321 e. The zero-order chi connectivity index (χ0) is 13.1. The van der Waals surface area contributed by atoms with Crippen molar-refractivity contribution in [1.82, 2.24) is 20.9 Å². The van der Waals surface area contributed by atoms with E-state index in [9.17, 15) is 9.59 Å². The Morgan fingerprint density at radius 2 is 1.94 bits per heavy atom. The van der Waals surface area contributed by atoms with Gasteiger partial charge in [-0.1, -0.05) is 0 Å². The number of piperidine rings is 3. The molecule has 3 amide bonds. The Kier molecular flexibility index (Phi) is 4.19. The maximum absolute atomic E-state index is 11.7. The van der Waals surface area contributed by atoms with E-state index in [-0.39, 0.29) is 11.9 Å². The summed E-state index contributed by atoms with van der Waals surface area (Å²) in [7, 11) is 1.49. The van der Waals surface area contributed by atoms with Crippen LogP contribution in [-0.4, -0.2) is 55.6 Å². The predicted octanol–water partition coefficient (Wildman–Crippen LogP) is -0.486. The van der Waals surface area contributed by atoms with Crippen molar-refractivity contribution in [2.75, 3.05) is 26.7 Å². The molecule has 18 heavy (non-hydrogen) atoms. The van der Waals surface area contributed by atoms with E-state index in [2.05, 4.69) is 20.9 Å². The van der Waals surface area contributed by atoms with Crippen LogP contribution in [0.2, 0.25) is 0 Å². The summed E-state index contributed by atoms with van der Waals surface area (Å²) in [5, 5.41) is 8.02. The van der Waals surface area contributed by atoms with E-state index in [0.29, 0.717) is 12.0 Å². The molecule has 6 heteroatoms. The standard InChI is InChI=1S/C12H22N4O2/c1-8(11(17)15-12(18)13-2)14-10-7-16-5-3-9(10)4-6-16/h8-10,14H,3-7H2,1-2H3,(H2,13,15,17,18). The highest BCUT2D eigenvalue weighted by molar-refractivity contribution is 5.96. The van der Waals surface area contributed by atoms with Crippen LogP contribution in [0.4, 0.5) is 4.79 Å². The molecule has 3 N–H and O–H groups in total. The van der Waals surface area contributed by atoms with Crippen molar-refractivity contribution in [3.8, 4) is 0 Å². The van der Waals surface area contributed by atoms with Crippen molar-refractivity contribution in [3.63, 3.8) is 0 Å². The average molecular weight is 254 g/mol. The van der Waals surface area contributed by atoms with Gasteiger partial charge in [0.1, 0.15) is 0 Å². The molecule has 3 aliphatic rings. The summed E-state index contributed by atoms with van der Waals surface area (Å²) in [6.07, 6.45) is 2.42. The Labute approximate surface area is 107 Å². The van der Waals surface area contributed by atoms with Gasteiger partial charge in [-0.2, -0.15) is 0 Å². The number of nitrogens with zero attached hydrogens (tertiary/aromatic N) is 1. The van der Waals surface area contributed by atoms with Crippen molar-refractivity contribution in [3.05, 3.63) is 0 Å². The summed E-state index contributed by atoms with van der Waals surface area (Å²) in [6.45, 7) is 5.18. The third-order valence-corrected chi connectivity index (χ3v) is 3.98. The lowest BCUT2D eigenvalue weighted by molar-refractivity contribution is -0.122. The van der Waals surface area contributed by atoms with Gasteiger partial charge in [0.15, 0.2) is 0 Å². The summed E-state index contributed by atoms with van der Waals surface area (Å²) in [6, 6.07) is -0.423. The number of carbonyl (C=O) groups is 2. The SMILES string of the molecule is CNC(=O)NC(=O)C(C)NC1CN2CCC1CC2. The fraction of sp³-hybridized carbons (Fsp3) is 0.833. The number of urea groups is 1. The first-order valence-corrected chi connectivity index (χ1v) is 6.61. The van der Waals surface area contributed by atoms with Crippen LogP contribution < -0.4 is 16.0 Å². The van der Waals surface area contributed by atoms with E-state index < -0.39 is 6.03 Å². The van der Waals surface area contributed by atoms with Crippen LogP contribution in [0.5, 0.6) is 0 Å². The lowest BCUT2D eigenvalue weighted by atomic mass is 9.83. The Morgan fingerprint density at radius 3 is 2.44 bits per heavy atom. The lowest BCUT2D eigenvalue weighted by Crippen LogP contribution is -2.60. The average Bonchev–Trinajstić information content (AvgIpc) is 2.39. The molecule has 2 bridgehead atoms. The predicted molar refractivity (Wildman–Crippen MR) is 68.1 cm³/mol. The van der Waals surface area contributed by atoms with Crippen molar-refractivity contribution in [2.45, 2.75) is 31.8 Å². The molecule has 0 radical (unpaired) electrons. The fourth-order valence-electron chi connectivity index (χ4n) is 2.83. The maximum Gasteiger partial charge on any atom is 0.321 e. The molecule has 0 aromatic carbocycles. The Bertz CT molecular complexity index is 326. The minimum Gasteiger partial charge on any atom is -0.341 e. The Balaban J connectivity index is 1.82. The maximum atomic E-state index is 11.7. The van der Waals surface area contributed by atoms with E-state index >= 15 is 0 Å². The van der Waals surface area contributed by atoms with E-state index in [4.69, 9.17) is 0 Å². The number of hydrogen-bond acceptors (Lipinski definition) is 4. The molecule has 3 aliphatic heterocycles. The molecule has 3 rings (SSSR count). The highest BCUT2D eigenvalue weighted by Crippen LogP contribution is 2.27. The van der Waals surface area contributed by atoms with Gasteiger partial charge in [0, 0.05) is 19.6 Å². The molecule has 102 valence electrons. The van der Waals surface area contributed by atoms with Gasteiger partial charge in [-0.15, -0.1) is 0 Å².